The molecule has 1 amide bonds. The second-order valence-electron chi connectivity index (χ2n) is 8.13. The number of carbonyl (C=O) groups is 1. The number of rotatable bonds is 6. The molecule has 0 bridgehead atoms. The zero-order chi connectivity index (χ0) is 20.6. The molecule has 1 unspecified atom stereocenters. The van der Waals surface area contributed by atoms with E-state index in [1.807, 2.05) is 53.4 Å². The number of hydrogen-bond donors (Lipinski definition) is 0. The van der Waals surface area contributed by atoms with E-state index >= 15 is 0 Å². The summed E-state index contributed by atoms with van der Waals surface area (Å²) in [6.07, 6.45) is 3.65. The highest BCUT2D eigenvalue weighted by atomic mass is 35.5. The summed E-state index contributed by atoms with van der Waals surface area (Å²) in [6, 6.07) is 15.4. The summed E-state index contributed by atoms with van der Waals surface area (Å²) in [7, 11) is 0. The number of benzene rings is 2. The van der Waals surface area contributed by atoms with Gasteiger partial charge in [-0.1, -0.05) is 53.5 Å². The third-order valence-electron chi connectivity index (χ3n) is 6.01. The molecule has 3 nitrogen and oxygen atoms in total. The summed E-state index contributed by atoms with van der Waals surface area (Å²) >= 11 is 12.5. The molecule has 0 N–H and O–H groups in total. The van der Waals surface area contributed by atoms with Crippen LogP contribution in [0.2, 0.25) is 10.0 Å². The van der Waals surface area contributed by atoms with E-state index in [1.165, 1.54) is 0 Å². The molecular formula is C24H25Cl2NO2. The van der Waals surface area contributed by atoms with Crippen LogP contribution in [-0.2, 0) is 15.1 Å². The largest absolute Gasteiger partial charge is 0.357 e. The normalized spacial score (nSPS) is 27.1. The summed E-state index contributed by atoms with van der Waals surface area (Å²) in [5, 5.41) is 1.31. The lowest BCUT2D eigenvalue weighted by Crippen LogP contribution is -2.60. The SMILES string of the molecule is C=CCC1O[C@H](c2cccc(Cl)c2)[C@@](C)(c2ccc(Cl)cc2)N(CC2CC2)C1=O. The molecule has 152 valence electrons. The first kappa shape index (κ1) is 20.5. The van der Waals surface area contributed by atoms with Gasteiger partial charge in [-0.2, -0.15) is 0 Å². The van der Waals surface area contributed by atoms with Crippen molar-refractivity contribution in [2.24, 2.45) is 5.92 Å². The number of carbonyl (C=O) groups excluding carboxylic acids is 1. The van der Waals surface area contributed by atoms with Crippen LogP contribution in [-0.4, -0.2) is 23.5 Å². The van der Waals surface area contributed by atoms with Gasteiger partial charge in [-0.25, -0.2) is 0 Å². The quantitative estimate of drug-likeness (QED) is 0.514. The molecule has 0 aromatic heterocycles. The summed E-state index contributed by atoms with van der Waals surface area (Å²) < 4.78 is 6.46. The Morgan fingerprint density at radius 3 is 2.52 bits per heavy atom. The predicted molar refractivity (Wildman–Crippen MR) is 117 cm³/mol. The summed E-state index contributed by atoms with van der Waals surface area (Å²) in [5.74, 6) is 0.570. The van der Waals surface area contributed by atoms with E-state index in [0.29, 0.717) is 22.4 Å². The van der Waals surface area contributed by atoms with Gasteiger partial charge in [-0.15, -0.1) is 6.58 Å². The first-order chi connectivity index (χ1) is 13.9. The van der Waals surface area contributed by atoms with Crippen LogP contribution in [0.5, 0.6) is 0 Å². The van der Waals surface area contributed by atoms with Crippen LogP contribution >= 0.6 is 23.2 Å². The maximum Gasteiger partial charge on any atom is 0.252 e. The van der Waals surface area contributed by atoms with Crippen molar-refractivity contribution >= 4 is 29.1 Å². The Morgan fingerprint density at radius 1 is 1.17 bits per heavy atom. The average molecular weight is 430 g/mol. The van der Waals surface area contributed by atoms with Crippen molar-refractivity contribution in [3.63, 3.8) is 0 Å². The van der Waals surface area contributed by atoms with Crippen molar-refractivity contribution in [2.75, 3.05) is 6.54 Å². The van der Waals surface area contributed by atoms with Crippen molar-refractivity contribution in [1.29, 1.82) is 0 Å². The fourth-order valence-corrected chi connectivity index (χ4v) is 4.54. The van der Waals surface area contributed by atoms with Crippen LogP contribution in [0.4, 0.5) is 0 Å². The van der Waals surface area contributed by atoms with E-state index in [9.17, 15) is 4.79 Å². The lowest BCUT2D eigenvalue weighted by molar-refractivity contribution is -0.192. The molecule has 2 aliphatic rings. The molecule has 0 radical (unpaired) electrons. The standard InChI is InChI=1S/C24H25Cl2NO2/c1-3-5-21-23(28)27(15-16-8-9-16)24(2,18-10-12-19(25)13-11-18)22(29-21)17-6-4-7-20(26)14-17/h3-4,6-7,10-14,16,21-22H,1,5,8-9,15H2,2H3/t21?,22-,24-/m1/s1. The van der Waals surface area contributed by atoms with Crippen LogP contribution in [0.1, 0.15) is 43.4 Å². The molecule has 29 heavy (non-hydrogen) atoms. The van der Waals surface area contributed by atoms with Crippen molar-refractivity contribution in [3.8, 4) is 0 Å². The molecule has 5 heteroatoms. The molecule has 2 aromatic carbocycles. The molecule has 1 saturated heterocycles. The molecule has 1 saturated carbocycles. The van der Waals surface area contributed by atoms with Gasteiger partial charge in [0.05, 0.1) is 5.54 Å². The van der Waals surface area contributed by atoms with Crippen LogP contribution in [0.3, 0.4) is 0 Å². The Labute approximate surface area is 182 Å². The molecule has 1 aliphatic heterocycles. The number of hydrogen-bond acceptors (Lipinski definition) is 2. The average Bonchev–Trinajstić information content (AvgIpc) is 3.52. The van der Waals surface area contributed by atoms with E-state index in [1.54, 1.807) is 6.08 Å². The third-order valence-corrected chi connectivity index (χ3v) is 6.50. The highest BCUT2D eigenvalue weighted by Crippen LogP contribution is 2.49. The third kappa shape index (κ3) is 3.96. The smallest absolute Gasteiger partial charge is 0.252 e. The first-order valence-corrected chi connectivity index (χ1v) is 10.8. The second-order valence-corrected chi connectivity index (χ2v) is 9.00. The number of ether oxygens (including phenoxy) is 1. The Balaban J connectivity index is 1.86. The number of nitrogens with zero attached hydrogens (tertiary/aromatic N) is 1. The van der Waals surface area contributed by atoms with Crippen LogP contribution in [0.15, 0.2) is 61.2 Å². The Hall–Kier alpha value is -1.81. The molecule has 2 aromatic rings. The Bertz CT molecular complexity index is 909. The number of amides is 1. The molecule has 2 fully saturated rings. The van der Waals surface area contributed by atoms with E-state index in [0.717, 1.165) is 30.5 Å². The summed E-state index contributed by atoms with van der Waals surface area (Å²) in [6.45, 7) is 6.63. The van der Waals surface area contributed by atoms with Gasteiger partial charge in [0.15, 0.2) is 0 Å². The van der Waals surface area contributed by atoms with Crippen LogP contribution in [0.25, 0.3) is 0 Å². The van der Waals surface area contributed by atoms with Crippen LogP contribution in [0, 0.1) is 5.92 Å². The first-order valence-electron chi connectivity index (χ1n) is 10.0. The van der Waals surface area contributed by atoms with Crippen molar-refractivity contribution in [2.45, 2.75) is 43.9 Å². The zero-order valence-electron chi connectivity index (χ0n) is 16.5. The minimum Gasteiger partial charge on any atom is -0.357 e. The van der Waals surface area contributed by atoms with Gasteiger partial charge in [0.25, 0.3) is 5.91 Å². The fraction of sp³-hybridized carbons (Fsp3) is 0.375. The van der Waals surface area contributed by atoms with Crippen molar-refractivity contribution in [1.82, 2.24) is 4.90 Å². The van der Waals surface area contributed by atoms with Gasteiger partial charge in [0.2, 0.25) is 0 Å². The van der Waals surface area contributed by atoms with Gasteiger partial charge in [0, 0.05) is 23.0 Å². The van der Waals surface area contributed by atoms with Gasteiger partial charge in [0.1, 0.15) is 12.2 Å². The van der Waals surface area contributed by atoms with Crippen LogP contribution < -0.4 is 0 Å². The van der Waals surface area contributed by atoms with Gasteiger partial charge in [-0.05, 0) is 61.1 Å². The van der Waals surface area contributed by atoms with Gasteiger partial charge in [-0.3, -0.25) is 4.79 Å². The van der Waals surface area contributed by atoms with E-state index in [2.05, 4.69) is 13.5 Å². The maximum absolute atomic E-state index is 13.5. The minimum atomic E-state index is -0.674. The molecule has 3 atom stereocenters. The lowest BCUT2D eigenvalue weighted by Gasteiger charge is -2.52. The lowest BCUT2D eigenvalue weighted by atomic mass is 9.78. The van der Waals surface area contributed by atoms with Crippen molar-refractivity contribution < 1.29 is 9.53 Å². The minimum absolute atomic E-state index is 0.0209. The molecule has 4 rings (SSSR count). The van der Waals surface area contributed by atoms with E-state index in [-0.39, 0.29) is 12.0 Å². The highest BCUT2D eigenvalue weighted by molar-refractivity contribution is 6.30. The molecular weight excluding hydrogens is 405 g/mol. The van der Waals surface area contributed by atoms with Gasteiger partial charge < -0.3 is 9.64 Å². The van der Waals surface area contributed by atoms with E-state index < -0.39 is 11.6 Å². The molecule has 1 aliphatic carbocycles. The Kier molecular flexibility index (Phi) is 5.74. The van der Waals surface area contributed by atoms with Gasteiger partial charge >= 0.3 is 0 Å². The topological polar surface area (TPSA) is 29.5 Å². The number of morpholine rings is 1. The second kappa shape index (κ2) is 8.14. The fourth-order valence-electron chi connectivity index (χ4n) is 4.21. The summed E-state index contributed by atoms with van der Waals surface area (Å²) in [4.78, 5) is 15.5. The molecule has 0 spiro atoms. The Morgan fingerprint density at radius 2 is 1.90 bits per heavy atom. The zero-order valence-corrected chi connectivity index (χ0v) is 18.0. The van der Waals surface area contributed by atoms with Crippen molar-refractivity contribution in [3.05, 3.63) is 82.4 Å². The predicted octanol–water partition coefficient (Wildman–Crippen LogP) is 6.16. The monoisotopic (exact) mass is 429 g/mol. The maximum atomic E-state index is 13.5. The number of halogens is 2. The summed E-state index contributed by atoms with van der Waals surface area (Å²) in [5.41, 5.74) is 1.28. The molecule has 1 heterocycles. The highest BCUT2D eigenvalue weighted by Gasteiger charge is 2.53. The van der Waals surface area contributed by atoms with E-state index in [4.69, 9.17) is 27.9 Å².